The molecule has 1 aromatic heterocycles. The highest BCUT2D eigenvalue weighted by molar-refractivity contribution is 7.16. The van der Waals surface area contributed by atoms with E-state index in [-0.39, 0.29) is 25.0 Å². The van der Waals surface area contributed by atoms with Crippen molar-refractivity contribution in [3.05, 3.63) is 52.9 Å². The Morgan fingerprint density at radius 3 is 3.00 bits per heavy atom. The van der Waals surface area contributed by atoms with Gasteiger partial charge in [-0.05, 0) is 49.2 Å². The predicted molar refractivity (Wildman–Crippen MR) is 116 cm³/mol. The minimum absolute atomic E-state index is 0.0169. The van der Waals surface area contributed by atoms with Crippen LogP contribution in [0, 0.1) is 6.92 Å². The molecule has 1 aliphatic heterocycles. The highest BCUT2D eigenvalue weighted by Crippen LogP contribution is 2.36. The van der Waals surface area contributed by atoms with Crippen LogP contribution < -0.4 is 20.1 Å². The first-order valence-corrected chi connectivity index (χ1v) is 10.4. The summed E-state index contributed by atoms with van der Waals surface area (Å²) in [5.74, 6) is 0.832. The van der Waals surface area contributed by atoms with Crippen LogP contribution in [0.15, 0.2) is 42.5 Å². The Balaban J connectivity index is 1.43. The molecule has 154 valence electrons. The quantitative estimate of drug-likeness (QED) is 0.625. The summed E-state index contributed by atoms with van der Waals surface area (Å²) < 4.78 is 11.0. The largest absolute Gasteiger partial charge is 0.484 e. The van der Waals surface area contributed by atoms with Gasteiger partial charge in [-0.25, -0.2) is 4.98 Å². The molecule has 0 fully saturated rings. The minimum Gasteiger partial charge on any atom is -0.484 e. The van der Waals surface area contributed by atoms with Crippen LogP contribution in [0.25, 0.3) is 11.3 Å². The summed E-state index contributed by atoms with van der Waals surface area (Å²) in [6.45, 7) is 3.92. The molecule has 0 saturated heterocycles. The van der Waals surface area contributed by atoms with Gasteiger partial charge >= 0.3 is 0 Å². The van der Waals surface area contributed by atoms with Crippen LogP contribution >= 0.6 is 11.3 Å². The number of aromatic nitrogens is 1. The molecule has 0 aliphatic carbocycles. The molecule has 2 N–H and O–H groups in total. The summed E-state index contributed by atoms with van der Waals surface area (Å²) >= 11 is 1.39. The number of anilines is 2. The molecule has 4 rings (SSSR count). The molecule has 0 atom stereocenters. The van der Waals surface area contributed by atoms with Gasteiger partial charge in [0.2, 0.25) is 0 Å². The van der Waals surface area contributed by atoms with Crippen molar-refractivity contribution >= 4 is 34.0 Å². The number of hydrogen-bond donors (Lipinski definition) is 2. The van der Waals surface area contributed by atoms with Gasteiger partial charge in [0.15, 0.2) is 18.3 Å². The highest BCUT2D eigenvalue weighted by Gasteiger charge is 2.18. The van der Waals surface area contributed by atoms with Gasteiger partial charge in [0, 0.05) is 10.4 Å². The lowest BCUT2D eigenvalue weighted by molar-refractivity contribution is -0.119. The molecule has 3 aromatic rings. The summed E-state index contributed by atoms with van der Waals surface area (Å²) in [7, 11) is 0. The Hall–Kier alpha value is -3.39. The van der Waals surface area contributed by atoms with Crippen molar-refractivity contribution in [1.82, 2.24) is 4.98 Å². The number of ether oxygens (including phenoxy) is 2. The van der Waals surface area contributed by atoms with Gasteiger partial charge in [0.05, 0.1) is 11.4 Å². The molecule has 2 heterocycles. The van der Waals surface area contributed by atoms with Crippen LogP contribution in [-0.4, -0.2) is 30.0 Å². The summed E-state index contributed by atoms with van der Waals surface area (Å²) in [5.41, 5.74) is 3.35. The Morgan fingerprint density at radius 1 is 1.30 bits per heavy atom. The standard InChI is InChI=1S/C22H21N3O4S/c1-3-14-5-4-6-16(9-14)28-11-20(27)24-22-25-21(13(2)30-22)15-7-8-18-17(10-15)23-19(26)12-29-18/h4-10H,3,11-12H2,1-2H3,(H,23,26)(H,24,25,27). The van der Waals surface area contributed by atoms with E-state index in [1.807, 2.05) is 43.3 Å². The summed E-state index contributed by atoms with van der Waals surface area (Å²) in [6.07, 6.45) is 0.906. The molecule has 30 heavy (non-hydrogen) atoms. The maximum atomic E-state index is 12.3. The lowest BCUT2D eigenvalue weighted by atomic mass is 10.1. The number of hydrogen-bond acceptors (Lipinski definition) is 6. The van der Waals surface area contributed by atoms with E-state index in [9.17, 15) is 9.59 Å². The molecule has 0 spiro atoms. The zero-order chi connectivity index (χ0) is 21.1. The first-order valence-electron chi connectivity index (χ1n) is 9.58. The van der Waals surface area contributed by atoms with E-state index in [2.05, 4.69) is 22.5 Å². The molecule has 7 nitrogen and oxygen atoms in total. The van der Waals surface area contributed by atoms with E-state index in [1.165, 1.54) is 11.3 Å². The SMILES string of the molecule is CCc1cccc(OCC(=O)Nc2nc(-c3ccc4c(c3)NC(=O)CO4)c(C)s2)c1. The smallest absolute Gasteiger partial charge is 0.264 e. The fraction of sp³-hybridized carbons (Fsp3) is 0.227. The average Bonchev–Trinajstić information content (AvgIpc) is 3.11. The van der Waals surface area contributed by atoms with E-state index in [4.69, 9.17) is 9.47 Å². The van der Waals surface area contributed by atoms with E-state index < -0.39 is 0 Å². The van der Waals surface area contributed by atoms with Gasteiger partial charge in [0.25, 0.3) is 11.8 Å². The number of fused-ring (bicyclic) bond motifs is 1. The number of carbonyl (C=O) groups excluding carboxylic acids is 2. The molecule has 0 saturated carbocycles. The lowest BCUT2D eigenvalue weighted by Gasteiger charge is -2.18. The maximum Gasteiger partial charge on any atom is 0.264 e. The number of thiazole rings is 1. The van der Waals surface area contributed by atoms with E-state index in [1.54, 1.807) is 6.07 Å². The van der Waals surface area contributed by atoms with Crippen LogP contribution in [0.2, 0.25) is 0 Å². The van der Waals surface area contributed by atoms with E-state index in [0.717, 1.165) is 28.1 Å². The fourth-order valence-corrected chi connectivity index (χ4v) is 3.96. The molecule has 8 heteroatoms. The molecule has 0 radical (unpaired) electrons. The monoisotopic (exact) mass is 423 g/mol. The summed E-state index contributed by atoms with van der Waals surface area (Å²) in [4.78, 5) is 29.3. The lowest BCUT2D eigenvalue weighted by Crippen LogP contribution is -2.25. The van der Waals surface area contributed by atoms with Crippen molar-refractivity contribution in [3.63, 3.8) is 0 Å². The number of carbonyl (C=O) groups is 2. The van der Waals surface area contributed by atoms with Gasteiger partial charge in [-0.3, -0.25) is 14.9 Å². The molecule has 2 amide bonds. The maximum absolute atomic E-state index is 12.3. The number of nitrogens with zero attached hydrogens (tertiary/aromatic N) is 1. The number of nitrogens with one attached hydrogen (secondary N) is 2. The Kier molecular flexibility index (Phi) is 5.67. The second-order valence-corrected chi connectivity index (χ2v) is 8.01. The number of benzene rings is 2. The normalized spacial score (nSPS) is 12.5. The molecule has 0 bridgehead atoms. The molecular weight excluding hydrogens is 402 g/mol. The number of aryl methyl sites for hydroxylation is 2. The van der Waals surface area contributed by atoms with Gasteiger partial charge < -0.3 is 14.8 Å². The van der Waals surface area contributed by atoms with E-state index >= 15 is 0 Å². The third-order valence-electron chi connectivity index (χ3n) is 4.61. The van der Waals surface area contributed by atoms with Gasteiger partial charge in [0.1, 0.15) is 11.5 Å². The minimum atomic E-state index is -0.275. The average molecular weight is 423 g/mol. The predicted octanol–water partition coefficient (Wildman–Crippen LogP) is 4.03. The Bertz CT molecular complexity index is 1110. The van der Waals surface area contributed by atoms with Crippen LogP contribution in [0.5, 0.6) is 11.5 Å². The van der Waals surface area contributed by atoms with Crippen molar-refractivity contribution in [2.24, 2.45) is 0 Å². The van der Waals surface area contributed by atoms with E-state index in [0.29, 0.717) is 22.3 Å². The van der Waals surface area contributed by atoms with Gasteiger partial charge in [-0.1, -0.05) is 19.1 Å². The highest BCUT2D eigenvalue weighted by atomic mass is 32.1. The van der Waals surface area contributed by atoms with Gasteiger partial charge in [-0.2, -0.15) is 0 Å². The van der Waals surface area contributed by atoms with Crippen molar-refractivity contribution in [2.75, 3.05) is 23.8 Å². The molecular formula is C22H21N3O4S. The Morgan fingerprint density at radius 2 is 2.17 bits per heavy atom. The first-order chi connectivity index (χ1) is 14.5. The second-order valence-electron chi connectivity index (χ2n) is 6.81. The van der Waals surface area contributed by atoms with Crippen molar-refractivity contribution < 1.29 is 19.1 Å². The Labute approximate surface area is 178 Å². The zero-order valence-electron chi connectivity index (χ0n) is 16.7. The number of rotatable bonds is 6. The summed E-state index contributed by atoms with van der Waals surface area (Å²) in [6, 6.07) is 13.2. The topological polar surface area (TPSA) is 89.5 Å². The van der Waals surface area contributed by atoms with Crippen LogP contribution in [-0.2, 0) is 16.0 Å². The fourth-order valence-electron chi connectivity index (χ4n) is 3.11. The van der Waals surface area contributed by atoms with Crippen LogP contribution in [0.3, 0.4) is 0 Å². The second kappa shape index (κ2) is 8.54. The molecule has 0 unspecified atom stereocenters. The summed E-state index contributed by atoms with van der Waals surface area (Å²) in [5, 5.41) is 6.08. The van der Waals surface area contributed by atoms with Crippen molar-refractivity contribution in [2.45, 2.75) is 20.3 Å². The number of amides is 2. The van der Waals surface area contributed by atoms with Gasteiger partial charge in [-0.15, -0.1) is 11.3 Å². The van der Waals surface area contributed by atoms with Crippen LogP contribution in [0.4, 0.5) is 10.8 Å². The van der Waals surface area contributed by atoms with Crippen molar-refractivity contribution in [1.29, 1.82) is 0 Å². The van der Waals surface area contributed by atoms with Crippen molar-refractivity contribution in [3.8, 4) is 22.8 Å². The third-order valence-corrected chi connectivity index (χ3v) is 5.49. The molecule has 2 aromatic carbocycles. The van der Waals surface area contributed by atoms with Crippen LogP contribution in [0.1, 0.15) is 17.4 Å². The third kappa shape index (κ3) is 4.44. The first kappa shape index (κ1) is 19.9. The zero-order valence-corrected chi connectivity index (χ0v) is 17.5. The molecule has 1 aliphatic rings.